The fourth-order valence-corrected chi connectivity index (χ4v) is 2.30. The topological polar surface area (TPSA) is 56.3 Å². The average molecular weight is 271 g/mol. The minimum Gasteiger partial charge on any atom is -0.490 e. The zero-order chi connectivity index (χ0) is 13.9. The first-order valence-corrected chi connectivity index (χ1v) is 6.69. The first kappa shape index (κ1) is 12.7. The summed E-state index contributed by atoms with van der Waals surface area (Å²) in [4.78, 5) is 8.59. The molecule has 2 aromatic rings. The van der Waals surface area contributed by atoms with Crippen molar-refractivity contribution < 1.29 is 9.47 Å². The monoisotopic (exact) mass is 271 g/mol. The molecule has 0 saturated heterocycles. The van der Waals surface area contributed by atoms with Crippen molar-refractivity contribution in [3.8, 4) is 22.8 Å². The lowest BCUT2D eigenvalue weighted by Gasteiger charge is -2.12. The van der Waals surface area contributed by atoms with E-state index in [0.29, 0.717) is 13.2 Å². The van der Waals surface area contributed by atoms with Crippen molar-refractivity contribution in [1.82, 2.24) is 9.97 Å². The number of ether oxygens (including phenoxy) is 2. The van der Waals surface area contributed by atoms with Crippen LogP contribution >= 0.6 is 0 Å². The van der Waals surface area contributed by atoms with Crippen molar-refractivity contribution in [2.45, 2.75) is 13.3 Å². The van der Waals surface area contributed by atoms with E-state index in [2.05, 4.69) is 15.3 Å². The Bertz CT molecular complexity index is 629. The molecule has 0 spiro atoms. The summed E-state index contributed by atoms with van der Waals surface area (Å²) in [5, 5.41) is 3.07. The third-order valence-corrected chi connectivity index (χ3v) is 3.34. The molecule has 5 heteroatoms. The largest absolute Gasteiger partial charge is 0.490 e. The summed E-state index contributed by atoms with van der Waals surface area (Å²) in [5.41, 5.74) is 2.93. The molecule has 0 unspecified atom stereocenters. The molecule has 1 aliphatic rings. The number of rotatable bonds is 2. The van der Waals surface area contributed by atoms with Crippen LogP contribution in [0.25, 0.3) is 11.3 Å². The van der Waals surface area contributed by atoms with E-state index in [1.807, 2.05) is 32.2 Å². The highest BCUT2D eigenvalue weighted by Gasteiger charge is 2.14. The fraction of sp³-hybridized carbons (Fsp3) is 0.333. The Balaban J connectivity index is 2.05. The highest BCUT2D eigenvalue weighted by Crippen LogP contribution is 2.35. The van der Waals surface area contributed by atoms with Gasteiger partial charge in [-0.05, 0) is 25.1 Å². The molecule has 3 rings (SSSR count). The zero-order valence-corrected chi connectivity index (χ0v) is 11.6. The van der Waals surface area contributed by atoms with Crippen LogP contribution < -0.4 is 14.8 Å². The first-order chi connectivity index (χ1) is 9.79. The van der Waals surface area contributed by atoms with E-state index < -0.39 is 0 Å². The molecular formula is C15H17N3O2. The van der Waals surface area contributed by atoms with E-state index in [-0.39, 0.29) is 0 Å². The molecule has 20 heavy (non-hydrogen) atoms. The highest BCUT2D eigenvalue weighted by atomic mass is 16.5. The maximum absolute atomic E-state index is 5.72. The lowest BCUT2D eigenvalue weighted by molar-refractivity contribution is 0.297. The third kappa shape index (κ3) is 2.27. The SMILES string of the molecule is CNc1ncnc(-c2ccc3c(c2)OCCCO3)c1C. The predicted molar refractivity (Wildman–Crippen MR) is 77.4 cm³/mol. The molecule has 0 amide bonds. The predicted octanol–water partition coefficient (Wildman–Crippen LogP) is 2.66. The van der Waals surface area contributed by atoms with Crippen LogP contribution in [-0.4, -0.2) is 30.2 Å². The number of hydrogen-bond acceptors (Lipinski definition) is 5. The van der Waals surface area contributed by atoms with Crippen LogP contribution in [0.1, 0.15) is 12.0 Å². The lowest BCUT2D eigenvalue weighted by Crippen LogP contribution is -2.00. The summed E-state index contributed by atoms with van der Waals surface area (Å²) >= 11 is 0. The van der Waals surface area contributed by atoms with Gasteiger partial charge in [-0.3, -0.25) is 0 Å². The van der Waals surface area contributed by atoms with Gasteiger partial charge in [-0.1, -0.05) is 0 Å². The van der Waals surface area contributed by atoms with Gasteiger partial charge in [-0.2, -0.15) is 0 Å². The van der Waals surface area contributed by atoms with Gasteiger partial charge in [0.2, 0.25) is 0 Å². The molecule has 104 valence electrons. The highest BCUT2D eigenvalue weighted by molar-refractivity contribution is 5.70. The van der Waals surface area contributed by atoms with Crippen molar-refractivity contribution in [3.05, 3.63) is 30.1 Å². The van der Waals surface area contributed by atoms with Crippen LogP contribution in [-0.2, 0) is 0 Å². The van der Waals surface area contributed by atoms with Gasteiger partial charge in [-0.25, -0.2) is 9.97 Å². The second-order valence-electron chi connectivity index (χ2n) is 4.66. The molecule has 0 radical (unpaired) electrons. The van der Waals surface area contributed by atoms with Gasteiger partial charge >= 0.3 is 0 Å². The number of hydrogen-bond donors (Lipinski definition) is 1. The van der Waals surface area contributed by atoms with Gasteiger partial charge < -0.3 is 14.8 Å². The Hall–Kier alpha value is -2.30. The van der Waals surface area contributed by atoms with Gasteiger partial charge in [0.15, 0.2) is 11.5 Å². The van der Waals surface area contributed by atoms with Crippen molar-refractivity contribution in [1.29, 1.82) is 0 Å². The Kier molecular flexibility index (Phi) is 3.41. The maximum Gasteiger partial charge on any atom is 0.161 e. The normalized spacial score (nSPS) is 13.7. The van der Waals surface area contributed by atoms with Crippen LogP contribution in [0, 0.1) is 6.92 Å². The second-order valence-corrected chi connectivity index (χ2v) is 4.66. The van der Waals surface area contributed by atoms with Crippen LogP contribution in [0.5, 0.6) is 11.5 Å². The van der Waals surface area contributed by atoms with E-state index >= 15 is 0 Å². The molecule has 0 atom stereocenters. The summed E-state index contributed by atoms with van der Waals surface area (Å²) < 4.78 is 11.4. The van der Waals surface area contributed by atoms with Gasteiger partial charge in [0, 0.05) is 24.6 Å². The molecule has 1 aliphatic heterocycles. The number of benzene rings is 1. The minimum absolute atomic E-state index is 0.682. The standard InChI is InChI=1S/C15H17N3O2/c1-10-14(17-9-18-15(10)16-2)11-4-5-12-13(8-11)20-7-3-6-19-12/h4-5,8-9H,3,6-7H2,1-2H3,(H,16,17,18). The fourth-order valence-electron chi connectivity index (χ4n) is 2.30. The Labute approximate surface area is 118 Å². The van der Waals surface area contributed by atoms with Crippen LogP contribution in [0.15, 0.2) is 24.5 Å². The van der Waals surface area contributed by atoms with Crippen molar-refractivity contribution in [3.63, 3.8) is 0 Å². The van der Waals surface area contributed by atoms with E-state index in [1.54, 1.807) is 6.33 Å². The van der Waals surface area contributed by atoms with Crippen molar-refractivity contribution >= 4 is 5.82 Å². The van der Waals surface area contributed by atoms with Crippen molar-refractivity contribution in [2.75, 3.05) is 25.6 Å². The summed E-state index contributed by atoms with van der Waals surface area (Å²) in [6, 6.07) is 5.92. The van der Waals surface area contributed by atoms with Crippen LogP contribution in [0.2, 0.25) is 0 Å². The Morgan fingerprint density at radius 3 is 2.70 bits per heavy atom. The molecule has 1 aromatic carbocycles. The van der Waals surface area contributed by atoms with E-state index in [1.165, 1.54) is 0 Å². The van der Waals surface area contributed by atoms with E-state index in [0.717, 1.165) is 40.6 Å². The summed E-state index contributed by atoms with van der Waals surface area (Å²) in [6.45, 7) is 3.38. The molecule has 1 N–H and O–H groups in total. The van der Waals surface area contributed by atoms with Gasteiger partial charge in [0.1, 0.15) is 12.1 Å². The van der Waals surface area contributed by atoms with Crippen LogP contribution in [0.4, 0.5) is 5.82 Å². The molecule has 0 saturated carbocycles. The number of anilines is 1. The van der Waals surface area contributed by atoms with E-state index in [4.69, 9.17) is 9.47 Å². The number of nitrogens with zero attached hydrogens (tertiary/aromatic N) is 2. The smallest absolute Gasteiger partial charge is 0.161 e. The van der Waals surface area contributed by atoms with Gasteiger partial charge in [-0.15, -0.1) is 0 Å². The lowest BCUT2D eigenvalue weighted by atomic mass is 10.1. The molecule has 1 aromatic heterocycles. The quantitative estimate of drug-likeness (QED) is 0.910. The molecule has 0 fully saturated rings. The van der Waals surface area contributed by atoms with E-state index in [9.17, 15) is 0 Å². The molecule has 0 aliphatic carbocycles. The number of fused-ring (bicyclic) bond motifs is 1. The third-order valence-electron chi connectivity index (χ3n) is 3.34. The molecular weight excluding hydrogens is 254 g/mol. The van der Waals surface area contributed by atoms with Gasteiger partial charge in [0.05, 0.1) is 18.9 Å². The zero-order valence-electron chi connectivity index (χ0n) is 11.6. The molecule has 2 heterocycles. The summed E-state index contributed by atoms with van der Waals surface area (Å²) in [5.74, 6) is 2.41. The Morgan fingerprint density at radius 1 is 1.10 bits per heavy atom. The number of nitrogens with one attached hydrogen (secondary N) is 1. The Morgan fingerprint density at radius 2 is 1.90 bits per heavy atom. The second kappa shape index (κ2) is 5.36. The van der Waals surface area contributed by atoms with Crippen LogP contribution in [0.3, 0.4) is 0 Å². The maximum atomic E-state index is 5.72. The summed E-state index contributed by atoms with van der Waals surface area (Å²) in [7, 11) is 1.85. The van der Waals surface area contributed by atoms with Gasteiger partial charge in [0.25, 0.3) is 0 Å². The number of aromatic nitrogens is 2. The van der Waals surface area contributed by atoms with Crippen molar-refractivity contribution in [2.24, 2.45) is 0 Å². The average Bonchev–Trinajstić information content (AvgIpc) is 2.72. The minimum atomic E-state index is 0.682. The summed E-state index contributed by atoms with van der Waals surface area (Å²) in [6.07, 6.45) is 2.47. The first-order valence-electron chi connectivity index (χ1n) is 6.69. The molecule has 5 nitrogen and oxygen atoms in total. The molecule has 0 bridgehead atoms.